The van der Waals surface area contributed by atoms with Crippen molar-refractivity contribution < 1.29 is 40.4 Å². The number of amides is 4. The number of nitrogens with one attached hydrogen (secondary N) is 3. The number of hydrogen-bond donors (Lipinski definition) is 4. The Morgan fingerprint density at radius 2 is 2.04 bits per heavy atom. The summed E-state index contributed by atoms with van der Waals surface area (Å²) in [5, 5.41) is 0. The van der Waals surface area contributed by atoms with E-state index in [2.05, 4.69) is 9.27 Å². The zero-order valence-corrected chi connectivity index (χ0v) is 14.8. The monoisotopic (exact) mass is 423 g/mol. The first-order valence-electron chi connectivity index (χ1n) is 7.59. The van der Waals surface area contributed by atoms with Crippen molar-refractivity contribution in [3.63, 3.8) is 0 Å². The lowest BCUT2D eigenvalue weighted by Gasteiger charge is -2.37. The zero-order valence-electron chi connectivity index (χ0n) is 14.0. The average molecular weight is 423 g/mol. The molecule has 0 saturated carbocycles. The maximum absolute atomic E-state index is 13.7. The summed E-state index contributed by atoms with van der Waals surface area (Å²) in [6, 6.07) is -0.273. The number of hydrazine groups is 1. The molecule has 0 aromatic carbocycles. The van der Waals surface area contributed by atoms with E-state index >= 15 is 0 Å². The quantitative estimate of drug-likeness (QED) is 0.367. The van der Waals surface area contributed by atoms with Gasteiger partial charge in [0.25, 0.3) is 17.7 Å². The molecule has 0 spiro atoms. The lowest BCUT2D eigenvalue weighted by Crippen LogP contribution is -2.60. The van der Waals surface area contributed by atoms with Crippen LogP contribution in [0, 0.1) is 0 Å². The Kier molecular flexibility index (Phi) is 6.42. The third kappa shape index (κ3) is 6.07. The molecule has 1 fully saturated rings. The number of hydrogen-bond acceptors (Lipinski definition) is 7. The van der Waals surface area contributed by atoms with Gasteiger partial charge in [-0.2, -0.15) is 13.9 Å². The van der Waals surface area contributed by atoms with Crippen molar-refractivity contribution in [1.82, 2.24) is 26.2 Å². The fourth-order valence-corrected chi connectivity index (χ4v) is 2.51. The van der Waals surface area contributed by atoms with Crippen molar-refractivity contribution in [3.8, 4) is 0 Å². The Hall–Kier alpha value is -2.91. The van der Waals surface area contributed by atoms with E-state index in [-0.39, 0.29) is 5.56 Å². The number of alkyl halides is 2. The number of halogens is 2. The fourth-order valence-electron chi connectivity index (χ4n) is 2.33. The van der Waals surface area contributed by atoms with Crippen LogP contribution in [-0.2, 0) is 19.5 Å². The Balaban J connectivity index is 2.04. The van der Waals surface area contributed by atoms with E-state index < -0.39 is 59.6 Å². The number of pyridine rings is 1. The highest BCUT2D eigenvalue weighted by molar-refractivity contribution is 7.80. The zero-order chi connectivity index (χ0) is 20.9. The summed E-state index contributed by atoms with van der Waals surface area (Å²) in [5.41, 5.74) is 5.31. The summed E-state index contributed by atoms with van der Waals surface area (Å²) in [6.45, 7) is -0.623. The standard InChI is InChI=1S/C13H15F2N5O7S/c14-13(15)3-5-20(12(23)19-27-28(24,25)26)9(6-13)11(22)18-17-10(21)8-2-1-4-16-7-8/h1-2,4,7,9H,3,5-6H2,(H,17,21)(H,18,22)(H,19,23)(H,24,25,26)/t9-/m0/s1. The first-order valence-corrected chi connectivity index (χ1v) is 8.95. The highest BCUT2D eigenvalue weighted by atomic mass is 32.3. The number of likely N-dealkylation sites (tertiary alicyclic amines) is 1. The van der Waals surface area contributed by atoms with Gasteiger partial charge in [-0.3, -0.25) is 30.0 Å². The molecule has 0 aliphatic carbocycles. The Labute approximate surface area is 157 Å². The molecule has 1 aliphatic heterocycles. The van der Waals surface area contributed by atoms with E-state index in [1.807, 2.05) is 10.9 Å². The van der Waals surface area contributed by atoms with Crippen LogP contribution < -0.4 is 16.3 Å². The number of carbonyl (C=O) groups excluding carboxylic acids is 3. The maximum Gasteiger partial charge on any atom is 0.418 e. The molecule has 1 aliphatic rings. The van der Waals surface area contributed by atoms with Gasteiger partial charge in [-0.25, -0.2) is 13.6 Å². The SMILES string of the molecule is O=C(NNC(=O)[C@@H]1CC(F)(F)CCN1C(=O)NOS(=O)(=O)O)c1cccnc1. The highest BCUT2D eigenvalue weighted by Gasteiger charge is 2.45. The Morgan fingerprint density at radius 1 is 1.32 bits per heavy atom. The first-order chi connectivity index (χ1) is 13.0. The van der Waals surface area contributed by atoms with Crippen molar-refractivity contribution in [1.29, 1.82) is 0 Å². The number of nitrogens with zero attached hydrogens (tertiary/aromatic N) is 2. The van der Waals surface area contributed by atoms with Gasteiger partial charge in [-0.15, -0.1) is 4.28 Å². The molecule has 1 aromatic rings. The van der Waals surface area contributed by atoms with Gasteiger partial charge >= 0.3 is 16.4 Å². The largest absolute Gasteiger partial charge is 0.418 e. The second kappa shape index (κ2) is 8.41. The van der Waals surface area contributed by atoms with Crippen LogP contribution >= 0.6 is 0 Å². The van der Waals surface area contributed by atoms with Crippen molar-refractivity contribution in [3.05, 3.63) is 30.1 Å². The summed E-state index contributed by atoms with van der Waals surface area (Å²) in [4.78, 5) is 40.3. The van der Waals surface area contributed by atoms with E-state index in [0.717, 1.165) is 0 Å². The smallest absolute Gasteiger partial charge is 0.310 e. The van der Waals surface area contributed by atoms with E-state index in [4.69, 9.17) is 4.55 Å². The van der Waals surface area contributed by atoms with Crippen LogP contribution in [0.2, 0.25) is 0 Å². The summed E-state index contributed by atoms with van der Waals surface area (Å²) in [5.74, 6) is -5.22. The van der Waals surface area contributed by atoms with Gasteiger partial charge in [0.1, 0.15) is 6.04 Å². The molecule has 0 radical (unpaired) electrons. The summed E-state index contributed by atoms with van der Waals surface area (Å²) >= 11 is 0. The lowest BCUT2D eigenvalue weighted by atomic mass is 9.98. The average Bonchev–Trinajstić information content (AvgIpc) is 2.63. The molecule has 4 amide bonds. The van der Waals surface area contributed by atoms with Crippen LogP contribution in [-0.4, -0.2) is 59.2 Å². The van der Waals surface area contributed by atoms with E-state index in [9.17, 15) is 31.6 Å². The minimum Gasteiger partial charge on any atom is -0.310 e. The van der Waals surface area contributed by atoms with Crippen LogP contribution in [0.25, 0.3) is 0 Å². The molecular weight excluding hydrogens is 408 g/mol. The van der Waals surface area contributed by atoms with Crippen LogP contribution in [0.5, 0.6) is 0 Å². The van der Waals surface area contributed by atoms with Gasteiger partial charge in [0.15, 0.2) is 0 Å². The third-order valence-corrected chi connectivity index (χ3v) is 3.90. The molecule has 0 unspecified atom stereocenters. The second-order valence-electron chi connectivity index (χ2n) is 5.62. The fraction of sp³-hybridized carbons (Fsp3) is 0.385. The Morgan fingerprint density at radius 3 is 2.64 bits per heavy atom. The molecular formula is C13H15F2N5O7S. The van der Waals surface area contributed by atoms with Crippen LogP contribution in [0.3, 0.4) is 0 Å². The maximum atomic E-state index is 13.7. The molecule has 2 heterocycles. The summed E-state index contributed by atoms with van der Waals surface area (Å²) in [7, 11) is -5.04. The van der Waals surface area contributed by atoms with Crippen LogP contribution in [0.4, 0.5) is 13.6 Å². The van der Waals surface area contributed by atoms with Gasteiger partial charge in [-0.05, 0) is 12.1 Å². The van der Waals surface area contributed by atoms with Crippen molar-refractivity contribution in [2.75, 3.05) is 6.54 Å². The van der Waals surface area contributed by atoms with Gasteiger partial charge < -0.3 is 4.90 Å². The minimum atomic E-state index is -5.04. The molecule has 4 N–H and O–H groups in total. The van der Waals surface area contributed by atoms with Crippen molar-refractivity contribution >= 4 is 28.2 Å². The third-order valence-electron chi connectivity index (χ3n) is 3.61. The molecule has 2 rings (SSSR count). The minimum absolute atomic E-state index is 0.0768. The van der Waals surface area contributed by atoms with Gasteiger partial charge in [0.05, 0.1) is 5.56 Å². The molecule has 15 heteroatoms. The highest BCUT2D eigenvalue weighted by Crippen LogP contribution is 2.32. The normalized spacial score (nSPS) is 18.8. The molecule has 0 bridgehead atoms. The predicted molar refractivity (Wildman–Crippen MR) is 85.7 cm³/mol. The molecule has 154 valence electrons. The molecule has 1 aromatic heterocycles. The van der Waals surface area contributed by atoms with Crippen molar-refractivity contribution in [2.24, 2.45) is 0 Å². The summed E-state index contributed by atoms with van der Waals surface area (Å²) < 4.78 is 60.5. The summed E-state index contributed by atoms with van der Waals surface area (Å²) in [6.07, 6.45) is 0.728. The molecule has 12 nitrogen and oxygen atoms in total. The van der Waals surface area contributed by atoms with E-state index in [1.165, 1.54) is 30.0 Å². The molecule has 1 atom stereocenters. The van der Waals surface area contributed by atoms with Gasteiger partial charge in [0, 0.05) is 31.8 Å². The van der Waals surface area contributed by atoms with Gasteiger partial charge in [-0.1, -0.05) is 0 Å². The number of rotatable bonds is 4. The number of piperidine rings is 1. The van der Waals surface area contributed by atoms with Crippen LogP contribution in [0.1, 0.15) is 23.2 Å². The number of urea groups is 1. The van der Waals surface area contributed by atoms with E-state index in [0.29, 0.717) is 4.90 Å². The molecule has 1 saturated heterocycles. The number of hydroxylamine groups is 1. The molecule has 28 heavy (non-hydrogen) atoms. The van der Waals surface area contributed by atoms with Crippen LogP contribution in [0.15, 0.2) is 24.5 Å². The predicted octanol–water partition coefficient (Wildman–Crippen LogP) is -0.614. The van der Waals surface area contributed by atoms with Gasteiger partial charge in [0.2, 0.25) is 0 Å². The Bertz CT molecular complexity index is 852. The van der Waals surface area contributed by atoms with Crippen molar-refractivity contribution in [2.45, 2.75) is 24.8 Å². The number of carbonyl (C=O) groups is 3. The first kappa shape index (κ1) is 21.4. The number of aromatic nitrogens is 1. The van der Waals surface area contributed by atoms with E-state index in [1.54, 1.807) is 0 Å². The topological polar surface area (TPSA) is 167 Å². The second-order valence-corrected chi connectivity index (χ2v) is 6.64. The lowest BCUT2D eigenvalue weighted by molar-refractivity contribution is -0.135.